The van der Waals surface area contributed by atoms with Crippen LogP contribution in [0.25, 0.3) is 0 Å². The van der Waals surface area contributed by atoms with E-state index in [1.807, 2.05) is 30.3 Å². The van der Waals surface area contributed by atoms with Gasteiger partial charge >= 0.3 is 0 Å². The van der Waals surface area contributed by atoms with Gasteiger partial charge in [-0.25, -0.2) is 0 Å². The van der Waals surface area contributed by atoms with Gasteiger partial charge in [-0.3, -0.25) is 0 Å². The smallest absolute Gasteiger partial charge is 0.255 e. The largest absolute Gasteiger partial charge is 0.485 e. The standard InChI is InChI=1S/C13H14N2O3/c1-2-5-10(6-3-1)17-9-12-14-13(18-15-12)11-7-4-8-16-11/h1-3,5-6,11H,4,7-9H2/t11-/m0/s1. The highest BCUT2D eigenvalue weighted by Crippen LogP contribution is 2.26. The van der Waals surface area contributed by atoms with Gasteiger partial charge < -0.3 is 14.0 Å². The van der Waals surface area contributed by atoms with Crippen molar-refractivity contribution in [2.24, 2.45) is 0 Å². The fourth-order valence-electron chi connectivity index (χ4n) is 1.89. The van der Waals surface area contributed by atoms with Gasteiger partial charge in [-0.05, 0) is 25.0 Å². The molecule has 0 unspecified atom stereocenters. The van der Waals surface area contributed by atoms with Crippen LogP contribution in [-0.4, -0.2) is 16.7 Å². The van der Waals surface area contributed by atoms with Gasteiger partial charge in [0.1, 0.15) is 11.9 Å². The minimum atomic E-state index is -0.0389. The molecule has 1 aliphatic rings. The van der Waals surface area contributed by atoms with Crippen LogP contribution in [0, 0.1) is 0 Å². The molecule has 2 aromatic rings. The van der Waals surface area contributed by atoms with Crippen LogP contribution in [0.4, 0.5) is 0 Å². The predicted molar refractivity (Wildman–Crippen MR) is 63.0 cm³/mol. The van der Waals surface area contributed by atoms with Crippen LogP contribution in [0.5, 0.6) is 5.75 Å². The molecule has 94 valence electrons. The molecule has 0 bridgehead atoms. The van der Waals surface area contributed by atoms with E-state index in [9.17, 15) is 0 Å². The third-order valence-corrected chi connectivity index (χ3v) is 2.80. The lowest BCUT2D eigenvalue weighted by Gasteiger charge is -2.02. The number of para-hydroxylation sites is 1. The van der Waals surface area contributed by atoms with Crippen LogP contribution in [0.15, 0.2) is 34.9 Å². The van der Waals surface area contributed by atoms with Crippen LogP contribution in [-0.2, 0) is 11.3 Å². The maximum Gasteiger partial charge on any atom is 0.255 e. The molecule has 5 nitrogen and oxygen atoms in total. The molecule has 1 aromatic carbocycles. The zero-order valence-electron chi connectivity index (χ0n) is 9.91. The fourth-order valence-corrected chi connectivity index (χ4v) is 1.89. The van der Waals surface area contributed by atoms with Crippen molar-refractivity contribution in [1.82, 2.24) is 10.1 Å². The van der Waals surface area contributed by atoms with E-state index in [2.05, 4.69) is 10.1 Å². The molecule has 0 aliphatic carbocycles. The van der Waals surface area contributed by atoms with Crippen molar-refractivity contribution in [2.45, 2.75) is 25.6 Å². The molecule has 1 aromatic heterocycles. The van der Waals surface area contributed by atoms with Crippen molar-refractivity contribution in [3.05, 3.63) is 42.0 Å². The van der Waals surface area contributed by atoms with E-state index in [0.717, 1.165) is 25.2 Å². The molecule has 0 radical (unpaired) electrons. The molecule has 5 heteroatoms. The van der Waals surface area contributed by atoms with E-state index in [0.29, 0.717) is 18.3 Å². The average Bonchev–Trinajstić information content (AvgIpc) is 3.08. The van der Waals surface area contributed by atoms with E-state index < -0.39 is 0 Å². The summed E-state index contributed by atoms with van der Waals surface area (Å²) < 4.78 is 16.2. The zero-order chi connectivity index (χ0) is 12.2. The lowest BCUT2D eigenvalue weighted by Crippen LogP contribution is -1.99. The van der Waals surface area contributed by atoms with Crippen molar-refractivity contribution in [1.29, 1.82) is 0 Å². The Hall–Kier alpha value is -1.88. The van der Waals surface area contributed by atoms with Crippen LogP contribution in [0.2, 0.25) is 0 Å². The Morgan fingerprint density at radius 1 is 1.28 bits per heavy atom. The third kappa shape index (κ3) is 2.51. The summed E-state index contributed by atoms with van der Waals surface area (Å²) in [7, 11) is 0. The highest BCUT2D eigenvalue weighted by Gasteiger charge is 2.23. The summed E-state index contributed by atoms with van der Waals surface area (Å²) in [6, 6.07) is 9.56. The molecular formula is C13H14N2O3. The van der Waals surface area contributed by atoms with E-state index in [1.165, 1.54) is 0 Å². The van der Waals surface area contributed by atoms with E-state index >= 15 is 0 Å². The van der Waals surface area contributed by atoms with Gasteiger partial charge in [0.2, 0.25) is 5.82 Å². The van der Waals surface area contributed by atoms with Gasteiger partial charge in [-0.1, -0.05) is 23.4 Å². The lowest BCUT2D eigenvalue weighted by molar-refractivity contribution is 0.0835. The Morgan fingerprint density at radius 2 is 2.17 bits per heavy atom. The molecule has 0 N–H and O–H groups in total. The maximum absolute atomic E-state index is 5.54. The molecule has 18 heavy (non-hydrogen) atoms. The van der Waals surface area contributed by atoms with Crippen LogP contribution in [0.3, 0.4) is 0 Å². The van der Waals surface area contributed by atoms with Crippen molar-refractivity contribution < 1.29 is 14.0 Å². The molecule has 2 heterocycles. The molecule has 0 saturated carbocycles. The third-order valence-electron chi connectivity index (χ3n) is 2.80. The van der Waals surface area contributed by atoms with Gasteiger partial charge in [-0.2, -0.15) is 4.98 Å². The first-order valence-electron chi connectivity index (χ1n) is 6.04. The van der Waals surface area contributed by atoms with E-state index in [-0.39, 0.29) is 6.10 Å². The lowest BCUT2D eigenvalue weighted by atomic mass is 10.2. The van der Waals surface area contributed by atoms with Crippen LogP contribution in [0.1, 0.15) is 30.7 Å². The topological polar surface area (TPSA) is 57.4 Å². The van der Waals surface area contributed by atoms with Gasteiger partial charge in [0, 0.05) is 6.61 Å². The molecule has 3 rings (SSSR count). The number of nitrogens with zero attached hydrogens (tertiary/aromatic N) is 2. The van der Waals surface area contributed by atoms with Crippen molar-refractivity contribution in [2.75, 3.05) is 6.61 Å². The summed E-state index contributed by atoms with van der Waals surface area (Å²) in [5.41, 5.74) is 0. The fraction of sp³-hybridized carbons (Fsp3) is 0.385. The first kappa shape index (κ1) is 11.2. The Morgan fingerprint density at radius 3 is 2.94 bits per heavy atom. The molecule has 1 atom stereocenters. The number of hydrogen-bond donors (Lipinski definition) is 0. The molecule has 1 fully saturated rings. The van der Waals surface area contributed by atoms with Crippen molar-refractivity contribution in [3.8, 4) is 5.75 Å². The van der Waals surface area contributed by atoms with Crippen molar-refractivity contribution in [3.63, 3.8) is 0 Å². The maximum atomic E-state index is 5.54. The number of rotatable bonds is 4. The Labute approximate surface area is 105 Å². The minimum Gasteiger partial charge on any atom is -0.485 e. The van der Waals surface area contributed by atoms with Crippen LogP contribution < -0.4 is 4.74 Å². The molecule has 1 saturated heterocycles. The second-order valence-electron chi connectivity index (χ2n) is 4.15. The molecule has 1 aliphatic heterocycles. The number of aromatic nitrogens is 2. The summed E-state index contributed by atoms with van der Waals surface area (Å²) in [4.78, 5) is 4.28. The first-order valence-corrected chi connectivity index (χ1v) is 6.04. The number of ether oxygens (including phenoxy) is 2. The Bertz CT molecular complexity index is 492. The second kappa shape index (κ2) is 5.18. The summed E-state index contributed by atoms with van der Waals surface area (Å²) in [5, 5.41) is 3.88. The zero-order valence-corrected chi connectivity index (χ0v) is 9.91. The van der Waals surface area contributed by atoms with Gasteiger partial charge in [0.05, 0.1) is 0 Å². The summed E-state index contributed by atoms with van der Waals surface area (Å²) in [6.07, 6.45) is 1.95. The normalized spacial score (nSPS) is 19.0. The Kier molecular flexibility index (Phi) is 3.23. The minimum absolute atomic E-state index is 0.0389. The number of hydrogen-bond acceptors (Lipinski definition) is 5. The summed E-state index contributed by atoms with van der Waals surface area (Å²) in [5.74, 6) is 1.89. The Balaban J connectivity index is 1.60. The number of benzene rings is 1. The predicted octanol–water partition coefficient (Wildman–Crippen LogP) is 2.50. The highest BCUT2D eigenvalue weighted by molar-refractivity contribution is 5.20. The summed E-state index contributed by atoms with van der Waals surface area (Å²) >= 11 is 0. The monoisotopic (exact) mass is 246 g/mol. The van der Waals surface area contributed by atoms with E-state index in [1.54, 1.807) is 0 Å². The van der Waals surface area contributed by atoms with E-state index in [4.69, 9.17) is 14.0 Å². The molecular weight excluding hydrogens is 232 g/mol. The average molecular weight is 246 g/mol. The van der Waals surface area contributed by atoms with Gasteiger partial charge in [0.15, 0.2) is 6.61 Å². The second-order valence-corrected chi connectivity index (χ2v) is 4.15. The molecule has 0 spiro atoms. The van der Waals surface area contributed by atoms with Gasteiger partial charge in [-0.15, -0.1) is 0 Å². The first-order chi connectivity index (χ1) is 8.92. The SMILES string of the molecule is c1ccc(OCc2noc([C@@H]3CCCO3)n2)cc1. The quantitative estimate of drug-likeness (QED) is 0.829. The highest BCUT2D eigenvalue weighted by atomic mass is 16.5. The van der Waals surface area contributed by atoms with Crippen molar-refractivity contribution >= 4 is 0 Å². The summed E-state index contributed by atoms with van der Waals surface area (Å²) in [6.45, 7) is 1.07. The van der Waals surface area contributed by atoms with Crippen LogP contribution >= 0.6 is 0 Å². The van der Waals surface area contributed by atoms with Gasteiger partial charge in [0.25, 0.3) is 5.89 Å². The molecule has 0 amide bonds.